The zero-order chi connectivity index (χ0) is 15.2. The molecule has 1 aromatic rings. The molecule has 1 aromatic carbocycles. The molecular formula is C17H28ClN3O. The second-order valence-corrected chi connectivity index (χ2v) is 6.00. The maximum atomic E-state index is 12.3. The molecule has 2 rings (SSSR count). The van der Waals surface area contributed by atoms with Gasteiger partial charge >= 0.3 is 0 Å². The molecule has 1 saturated heterocycles. The van der Waals surface area contributed by atoms with Gasteiger partial charge in [0.25, 0.3) is 0 Å². The summed E-state index contributed by atoms with van der Waals surface area (Å²) in [4.78, 5) is 16.7. The quantitative estimate of drug-likeness (QED) is 0.902. The van der Waals surface area contributed by atoms with Crippen LogP contribution in [0.3, 0.4) is 0 Å². The Bertz CT molecular complexity index is 446. The molecule has 124 valence electrons. The van der Waals surface area contributed by atoms with Crippen molar-refractivity contribution in [2.45, 2.75) is 32.9 Å². The van der Waals surface area contributed by atoms with Crippen LogP contribution in [0.5, 0.6) is 0 Å². The van der Waals surface area contributed by atoms with E-state index in [-0.39, 0.29) is 30.3 Å². The standard InChI is InChI=1S/C17H27N3O.ClH/c1-3-14(2)16(18)17(21)20-11-9-19(10-12-20)13-15-7-5-4-6-8-15;/h4-8,14,16H,3,9-13,18H2,1-2H3;1H. The molecule has 0 aliphatic carbocycles. The Balaban J connectivity index is 0.00000242. The summed E-state index contributed by atoms with van der Waals surface area (Å²) < 4.78 is 0. The second-order valence-electron chi connectivity index (χ2n) is 6.00. The lowest BCUT2D eigenvalue weighted by Gasteiger charge is -2.36. The molecule has 1 aliphatic rings. The van der Waals surface area contributed by atoms with Crippen LogP contribution in [0.2, 0.25) is 0 Å². The molecule has 5 heteroatoms. The number of hydrogen-bond acceptors (Lipinski definition) is 3. The molecule has 0 bridgehead atoms. The topological polar surface area (TPSA) is 49.6 Å². The van der Waals surface area contributed by atoms with Crippen molar-refractivity contribution in [2.24, 2.45) is 11.7 Å². The number of halogens is 1. The van der Waals surface area contributed by atoms with E-state index in [2.05, 4.69) is 36.1 Å². The summed E-state index contributed by atoms with van der Waals surface area (Å²) in [6.07, 6.45) is 0.945. The SMILES string of the molecule is CCC(C)C(N)C(=O)N1CCN(Cc2ccccc2)CC1.Cl. The van der Waals surface area contributed by atoms with Gasteiger partial charge in [0.2, 0.25) is 5.91 Å². The van der Waals surface area contributed by atoms with Crippen LogP contribution < -0.4 is 5.73 Å². The molecule has 2 atom stereocenters. The van der Waals surface area contributed by atoms with E-state index in [0.29, 0.717) is 0 Å². The van der Waals surface area contributed by atoms with Crippen molar-refractivity contribution in [3.8, 4) is 0 Å². The summed E-state index contributed by atoms with van der Waals surface area (Å²) in [5.41, 5.74) is 7.38. The van der Waals surface area contributed by atoms with Gasteiger partial charge in [-0.1, -0.05) is 50.6 Å². The average molecular weight is 326 g/mol. The molecule has 0 spiro atoms. The zero-order valence-corrected chi connectivity index (χ0v) is 14.4. The maximum absolute atomic E-state index is 12.3. The van der Waals surface area contributed by atoms with Gasteiger partial charge in [-0.25, -0.2) is 0 Å². The highest BCUT2D eigenvalue weighted by Crippen LogP contribution is 2.12. The fourth-order valence-electron chi connectivity index (χ4n) is 2.68. The summed E-state index contributed by atoms with van der Waals surface area (Å²) in [6, 6.07) is 10.1. The van der Waals surface area contributed by atoms with Gasteiger partial charge in [-0.15, -0.1) is 12.4 Å². The molecular weight excluding hydrogens is 298 g/mol. The van der Waals surface area contributed by atoms with E-state index in [9.17, 15) is 4.79 Å². The summed E-state index contributed by atoms with van der Waals surface area (Å²) in [6.45, 7) is 8.51. The van der Waals surface area contributed by atoms with E-state index >= 15 is 0 Å². The Morgan fingerprint density at radius 1 is 1.18 bits per heavy atom. The number of nitrogens with two attached hydrogens (primary N) is 1. The zero-order valence-electron chi connectivity index (χ0n) is 13.6. The van der Waals surface area contributed by atoms with Gasteiger partial charge in [0, 0.05) is 32.7 Å². The lowest BCUT2D eigenvalue weighted by atomic mass is 9.98. The van der Waals surface area contributed by atoms with Gasteiger partial charge in [0.15, 0.2) is 0 Å². The Hall–Kier alpha value is -1.10. The van der Waals surface area contributed by atoms with Gasteiger partial charge < -0.3 is 10.6 Å². The predicted molar refractivity (Wildman–Crippen MR) is 93.0 cm³/mol. The Labute approximate surface area is 140 Å². The van der Waals surface area contributed by atoms with Crippen molar-refractivity contribution in [2.75, 3.05) is 26.2 Å². The third kappa shape index (κ3) is 4.97. The van der Waals surface area contributed by atoms with Crippen molar-refractivity contribution in [1.82, 2.24) is 9.80 Å². The fourth-order valence-corrected chi connectivity index (χ4v) is 2.68. The summed E-state index contributed by atoms with van der Waals surface area (Å²) in [5.74, 6) is 0.364. The lowest BCUT2D eigenvalue weighted by molar-refractivity contribution is -0.135. The van der Waals surface area contributed by atoms with Crippen LogP contribution in [-0.4, -0.2) is 47.9 Å². The minimum atomic E-state index is -0.351. The maximum Gasteiger partial charge on any atom is 0.239 e. The first-order chi connectivity index (χ1) is 10.1. The van der Waals surface area contributed by atoms with Gasteiger partial charge in [0.1, 0.15) is 0 Å². The molecule has 0 aromatic heterocycles. The van der Waals surface area contributed by atoms with E-state index in [0.717, 1.165) is 39.1 Å². The third-order valence-electron chi connectivity index (χ3n) is 4.48. The number of carbonyl (C=O) groups is 1. The van der Waals surface area contributed by atoms with Gasteiger partial charge in [-0.2, -0.15) is 0 Å². The van der Waals surface area contributed by atoms with Gasteiger partial charge in [-0.3, -0.25) is 9.69 Å². The molecule has 1 amide bonds. The second kappa shape index (κ2) is 9.13. The molecule has 22 heavy (non-hydrogen) atoms. The fraction of sp³-hybridized carbons (Fsp3) is 0.588. The van der Waals surface area contributed by atoms with Crippen LogP contribution in [0.1, 0.15) is 25.8 Å². The van der Waals surface area contributed by atoms with Crippen LogP contribution in [-0.2, 0) is 11.3 Å². The number of benzene rings is 1. The minimum absolute atomic E-state index is 0. The molecule has 0 saturated carbocycles. The van der Waals surface area contributed by atoms with Crippen LogP contribution in [0, 0.1) is 5.92 Å². The molecule has 2 unspecified atom stereocenters. The Morgan fingerprint density at radius 3 is 2.32 bits per heavy atom. The highest BCUT2D eigenvalue weighted by atomic mass is 35.5. The summed E-state index contributed by atoms with van der Waals surface area (Å²) >= 11 is 0. The van der Waals surface area contributed by atoms with E-state index < -0.39 is 0 Å². The van der Waals surface area contributed by atoms with Crippen LogP contribution in [0.25, 0.3) is 0 Å². The Kier molecular flexibility index (Phi) is 7.87. The summed E-state index contributed by atoms with van der Waals surface area (Å²) in [5, 5.41) is 0. The highest BCUT2D eigenvalue weighted by Gasteiger charge is 2.27. The van der Waals surface area contributed by atoms with Crippen molar-refractivity contribution >= 4 is 18.3 Å². The number of nitrogens with zero attached hydrogens (tertiary/aromatic N) is 2. The first-order valence-corrected chi connectivity index (χ1v) is 7.92. The van der Waals surface area contributed by atoms with E-state index in [1.54, 1.807) is 0 Å². The minimum Gasteiger partial charge on any atom is -0.339 e. The van der Waals surface area contributed by atoms with E-state index in [1.165, 1.54) is 5.56 Å². The monoisotopic (exact) mass is 325 g/mol. The molecule has 1 heterocycles. The van der Waals surface area contributed by atoms with Crippen molar-refractivity contribution in [3.05, 3.63) is 35.9 Å². The number of carbonyl (C=O) groups excluding carboxylic acids is 1. The predicted octanol–water partition coefficient (Wildman–Crippen LogP) is 2.13. The van der Waals surface area contributed by atoms with Crippen LogP contribution >= 0.6 is 12.4 Å². The first kappa shape index (κ1) is 18.9. The number of hydrogen-bond donors (Lipinski definition) is 1. The third-order valence-corrected chi connectivity index (χ3v) is 4.48. The highest BCUT2D eigenvalue weighted by molar-refractivity contribution is 5.85. The van der Waals surface area contributed by atoms with Crippen molar-refractivity contribution < 1.29 is 4.79 Å². The van der Waals surface area contributed by atoms with Gasteiger partial charge in [-0.05, 0) is 11.5 Å². The molecule has 1 fully saturated rings. The van der Waals surface area contributed by atoms with Gasteiger partial charge in [0.05, 0.1) is 6.04 Å². The molecule has 1 aliphatic heterocycles. The number of rotatable bonds is 5. The van der Waals surface area contributed by atoms with Crippen molar-refractivity contribution in [1.29, 1.82) is 0 Å². The largest absolute Gasteiger partial charge is 0.339 e. The normalized spacial score (nSPS) is 18.4. The van der Waals surface area contributed by atoms with E-state index in [4.69, 9.17) is 5.73 Å². The van der Waals surface area contributed by atoms with Crippen molar-refractivity contribution in [3.63, 3.8) is 0 Å². The lowest BCUT2D eigenvalue weighted by Crippen LogP contribution is -2.54. The van der Waals surface area contributed by atoms with E-state index in [1.807, 2.05) is 17.9 Å². The molecule has 4 nitrogen and oxygen atoms in total. The average Bonchev–Trinajstić information content (AvgIpc) is 2.54. The number of piperazine rings is 1. The number of amides is 1. The smallest absolute Gasteiger partial charge is 0.239 e. The van der Waals surface area contributed by atoms with Crippen LogP contribution in [0.15, 0.2) is 30.3 Å². The Morgan fingerprint density at radius 2 is 1.77 bits per heavy atom. The van der Waals surface area contributed by atoms with Crippen LogP contribution in [0.4, 0.5) is 0 Å². The molecule has 2 N–H and O–H groups in total. The molecule has 0 radical (unpaired) electrons. The summed E-state index contributed by atoms with van der Waals surface area (Å²) in [7, 11) is 0. The first-order valence-electron chi connectivity index (χ1n) is 7.92.